The van der Waals surface area contributed by atoms with E-state index in [2.05, 4.69) is 5.32 Å². The smallest absolute Gasteiger partial charge is 0.306 e. The number of carbonyl (C=O) groups is 2. The van der Waals surface area contributed by atoms with Crippen LogP contribution < -0.4 is 14.8 Å². The Bertz CT molecular complexity index is 699. The van der Waals surface area contributed by atoms with Crippen LogP contribution in [0.3, 0.4) is 0 Å². The Labute approximate surface area is 150 Å². The van der Waals surface area contributed by atoms with Crippen LogP contribution in [-0.4, -0.2) is 32.7 Å². The van der Waals surface area contributed by atoms with Gasteiger partial charge in [-0.1, -0.05) is 6.07 Å². The van der Waals surface area contributed by atoms with Crippen molar-refractivity contribution in [2.45, 2.75) is 19.4 Å². The van der Waals surface area contributed by atoms with Gasteiger partial charge in [-0.2, -0.15) is 11.3 Å². The van der Waals surface area contributed by atoms with Crippen molar-refractivity contribution in [3.63, 3.8) is 0 Å². The van der Waals surface area contributed by atoms with Crippen LogP contribution in [0.4, 0.5) is 0 Å². The molecule has 0 aliphatic heterocycles. The number of ether oxygens (including phenoxy) is 3. The lowest BCUT2D eigenvalue weighted by atomic mass is 10.2. The minimum atomic E-state index is -0.382. The topological polar surface area (TPSA) is 73.9 Å². The zero-order chi connectivity index (χ0) is 18.1. The van der Waals surface area contributed by atoms with Gasteiger partial charge in [0.25, 0.3) is 5.91 Å². The van der Waals surface area contributed by atoms with Crippen LogP contribution in [-0.2, 0) is 27.3 Å². The molecule has 0 spiro atoms. The van der Waals surface area contributed by atoms with Crippen LogP contribution >= 0.6 is 11.3 Å². The first kappa shape index (κ1) is 18.8. The van der Waals surface area contributed by atoms with Crippen LogP contribution in [0.2, 0.25) is 0 Å². The molecule has 0 fully saturated rings. The molecule has 0 radical (unpaired) electrons. The molecule has 0 aliphatic rings. The van der Waals surface area contributed by atoms with E-state index in [1.165, 1.54) is 0 Å². The first-order chi connectivity index (χ1) is 12.1. The first-order valence-electron chi connectivity index (χ1n) is 7.76. The van der Waals surface area contributed by atoms with E-state index in [0.29, 0.717) is 24.5 Å². The Hall–Kier alpha value is -2.54. The fourth-order valence-corrected chi connectivity index (χ4v) is 2.84. The van der Waals surface area contributed by atoms with E-state index in [-0.39, 0.29) is 24.9 Å². The molecular formula is C18H21NO5S. The maximum absolute atomic E-state index is 11.8. The van der Waals surface area contributed by atoms with Gasteiger partial charge in [0.05, 0.1) is 14.2 Å². The van der Waals surface area contributed by atoms with Crippen molar-refractivity contribution in [2.24, 2.45) is 0 Å². The molecule has 0 bridgehead atoms. The van der Waals surface area contributed by atoms with E-state index in [0.717, 1.165) is 11.1 Å². The van der Waals surface area contributed by atoms with E-state index < -0.39 is 0 Å². The van der Waals surface area contributed by atoms with Crippen LogP contribution in [0.1, 0.15) is 17.5 Å². The second-order valence-electron chi connectivity index (χ2n) is 5.26. The molecule has 7 heteroatoms. The lowest BCUT2D eigenvalue weighted by Crippen LogP contribution is -2.28. The normalized spacial score (nSPS) is 10.2. The molecule has 1 aromatic carbocycles. The third-order valence-corrected chi connectivity index (χ3v) is 4.23. The van der Waals surface area contributed by atoms with Crippen molar-refractivity contribution in [1.82, 2.24) is 5.32 Å². The zero-order valence-electron chi connectivity index (χ0n) is 14.2. The molecule has 0 aliphatic carbocycles. The number of hydrogen-bond acceptors (Lipinski definition) is 6. The molecule has 0 saturated heterocycles. The van der Waals surface area contributed by atoms with Crippen molar-refractivity contribution >= 4 is 23.2 Å². The number of rotatable bonds is 9. The summed E-state index contributed by atoms with van der Waals surface area (Å²) in [5.41, 5.74) is 1.95. The van der Waals surface area contributed by atoms with Gasteiger partial charge in [0.1, 0.15) is 0 Å². The highest BCUT2D eigenvalue weighted by atomic mass is 32.1. The highest BCUT2D eigenvalue weighted by Crippen LogP contribution is 2.27. The third-order valence-electron chi connectivity index (χ3n) is 3.50. The van der Waals surface area contributed by atoms with E-state index >= 15 is 0 Å². The lowest BCUT2D eigenvalue weighted by Gasteiger charge is -2.10. The molecule has 1 amide bonds. The van der Waals surface area contributed by atoms with Crippen LogP contribution in [0.15, 0.2) is 35.0 Å². The number of esters is 1. The Morgan fingerprint density at radius 1 is 1.08 bits per heavy atom. The van der Waals surface area contributed by atoms with Crippen molar-refractivity contribution in [3.05, 3.63) is 46.2 Å². The molecule has 2 rings (SSSR count). The number of amides is 1. The monoisotopic (exact) mass is 363 g/mol. The average Bonchev–Trinajstić information content (AvgIpc) is 3.16. The van der Waals surface area contributed by atoms with E-state index in [1.54, 1.807) is 37.7 Å². The van der Waals surface area contributed by atoms with Gasteiger partial charge in [0.15, 0.2) is 18.1 Å². The van der Waals surface area contributed by atoms with Gasteiger partial charge in [0, 0.05) is 13.0 Å². The summed E-state index contributed by atoms with van der Waals surface area (Å²) in [5.74, 6) is 0.484. The molecule has 0 unspecified atom stereocenters. The van der Waals surface area contributed by atoms with Gasteiger partial charge >= 0.3 is 5.97 Å². The van der Waals surface area contributed by atoms with Crippen LogP contribution in [0.5, 0.6) is 11.5 Å². The third kappa shape index (κ3) is 6.11. The van der Waals surface area contributed by atoms with Crippen molar-refractivity contribution in [1.29, 1.82) is 0 Å². The summed E-state index contributed by atoms with van der Waals surface area (Å²) in [7, 11) is 3.11. The van der Waals surface area contributed by atoms with E-state index in [1.807, 2.05) is 22.9 Å². The molecule has 1 aromatic heterocycles. The number of nitrogens with one attached hydrogen (secondary N) is 1. The maximum atomic E-state index is 11.8. The van der Waals surface area contributed by atoms with Crippen molar-refractivity contribution < 1.29 is 23.8 Å². The summed E-state index contributed by atoms with van der Waals surface area (Å²) < 4.78 is 15.4. The molecule has 1 N–H and O–H groups in total. The standard InChI is InChI=1S/C18H21NO5S/c1-22-15-5-3-14(9-16(15)23-2)10-19-17(20)11-24-18(21)6-4-13-7-8-25-12-13/h3,5,7-9,12H,4,6,10-11H2,1-2H3,(H,19,20). The molecule has 0 saturated carbocycles. The SMILES string of the molecule is COc1ccc(CNC(=O)COC(=O)CCc2ccsc2)cc1OC. The molecule has 0 atom stereocenters. The quantitative estimate of drug-likeness (QED) is 0.693. The van der Waals surface area contributed by atoms with Crippen LogP contribution in [0, 0.1) is 0 Å². The Morgan fingerprint density at radius 2 is 1.88 bits per heavy atom. The maximum Gasteiger partial charge on any atom is 0.306 e. The number of thiophene rings is 1. The van der Waals surface area contributed by atoms with Crippen LogP contribution in [0.25, 0.3) is 0 Å². The zero-order valence-corrected chi connectivity index (χ0v) is 15.1. The number of hydrogen-bond donors (Lipinski definition) is 1. The summed E-state index contributed by atoms with van der Waals surface area (Å²) in [4.78, 5) is 23.4. The molecule has 6 nitrogen and oxygen atoms in total. The minimum Gasteiger partial charge on any atom is -0.493 e. The highest BCUT2D eigenvalue weighted by Gasteiger charge is 2.09. The Kier molecular flexibility index (Phi) is 7.28. The van der Waals surface area contributed by atoms with Gasteiger partial charge in [-0.05, 0) is 46.5 Å². The molecule has 2 aromatic rings. The van der Waals surface area contributed by atoms with Gasteiger partial charge in [-0.15, -0.1) is 0 Å². The summed E-state index contributed by atoms with van der Waals surface area (Å²) in [6.45, 7) is 0.0292. The largest absolute Gasteiger partial charge is 0.493 e. The summed E-state index contributed by atoms with van der Waals surface area (Å²) in [6, 6.07) is 7.35. The first-order valence-corrected chi connectivity index (χ1v) is 8.71. The molecular weight excluding hydrogens is 342 g/mol. The van der Waals surface area contributed by atoms with Crippen molar-refractivity contribution in [2.75, 3.05) is 20.8 Å². The van der Waals surface area contributed by atoms with Gasteiger partial charge in [-0.25, -0.2) is 0 Å². The average molecular weight is 363 g/mol. The second-order valence-corrected chi connectivity index (χ2v) is 6.04. The van der Waals surface area contributed by atoms with Gasteiger partial charge in [0.2, 0.25) is 0 Å². The van der Waals surface area contributed by atoms with E-state index in [9.17, 15) is 9.59 Å². The number of carbonyl (C=O) groups excluding carboxylic acids is 2. The summed E-state index contributed by atoms with van der Waals surface area (Å²) in [6.07, 6.45) is 0.884. The number of aryl methyl sites for hydroxylation is 1. The second kappa shape index (κ2) is 9.68. The molecule has 134 valence electrons. The fraction of sp³-hybridized carbons (Fsp3) is 0.333. The number of benzene rings is 1. The highest BCUT2D eigenvalue weighted by molar-refractivity contribution is 7.07. The van der Waals surface area contributed by atoms with Gasteiger partial charge < -0.3 is 19.5 Å². The molecule has 25 heavy (non-hydrogen) atoms. The van der Waals surface area contributed by atoms with E-state index in [4.69, 9.17) is 14.2 Å². The van der Waals surface area contributed by atoms with Crippen molar-refractivity contribution in [3.8, 4) is 11.5 Å². The summed E-state index contributed by atoms with van der Waals surface area (Å²) >= 11 is 1.59. The predicted molar refractivity (Wildman–Crippen MR) is 95.0 cm³/mol. The summed E-state index contributed by atoms with van der Waals surface area (Å²) in [5, 5.41) is 6.65. The Morgan fingerprint density at radius 3 is 2.56 bits per heavy atom. The minimum absolute atomic E-state index is 0.264. The predicted octanol–water partition coefficient (Wildman–Crippen LogP) is 2.56. The number of methoxy groups -OCH3 is 2. The lowest BCUT2D eigenvalue weighted by molar-refractivity contribution is -0.148. The van der Waals surface area contributed by atoms with Gasteiger partial charge in [-0.3, -0.25) is 9.59 Å². The molecule has 1 heterocycles. The Balaban J connectivity index is 1.70. The fourth-order valence-electron chi connectivity index (χ4n) is 2.14.